The van der Waals surface area contributed by atoms with Crippen molar-refractivity contribution in [1.82, 2.24) is 5.32 Å². The SMILES string of the molecule is CC(CO)CNC(=O)CC1(N)CCCC1. The number of nitrogens with two attached hydrogens (primary N) is 1. The molecule has 1 aliphatic carbocycles. The van der Waals surface area contributed by atoms with Gasteiger partial charge in [0.1, 0.15) is 0 Å². The molecule has 15 heavy (non-hydrogen) atoms. The van der Waals surface area contributed by atoms with Gasteiger partial charge in [-0.15, -0.1) is 0 Å². The van der Waals surface area contributed by atoms with Gasteiger partial charge in [0.2, 0.25) is 5.91 Å². The Balaban J connectivity index is 2.23. The minimum atomic E-state index is -0.271. The second kappa shape index (κ2) is 5.47. The zero-order chi connectivity index (χ0) is 11.3. The molecule has 1 unspecified atom stereocenters. The summed E-state index contributed by atoms with van der Waals surface area (Å²) in [5.41, 5.74) is 5.82. The monoisotopic (exact) mass is 214 g/mol. The number of rotatable bonds is 5. The smallest absolute Gasteiger partial charge is 0.221 e. The minimum Gasteiger partial charge on any atom is -0.396 e. The number of aliphatic hydroxyl groups is 1. The number of hydrogen-bond donors (Lipinski definition) is 3. The van der Waals surface area contributed by atoms with Crippen molar-refractivity contribution in [2.45, 2.75) is 44.6 Å². The van der Waals surface area contributed by atoms with Gasteiger partial charge in [0.15, 0.2) is 0 Å². The van der Waals surface area contributed by atoms with E-state index in [1.807, 2.05) is 6.92 Å². The summed E-state index contributed by atoms with van der Waals surface area (Å²) in [5.74, 6) is 0.131. The van der Waals surface area contributed by atoms with Crippen molar-refractivity contribution < 1.29 is 9.90 Å². The lowest BCUT2D eigenvalue weighted by Gasteiger charge is -2.22. The topological polar surface area (TPSA) is 75.3 Å². The van der Waals surface area contributed by atoms with Crippen molar-refractivity contribution in [3.8, 4) is 0 Å². The van der Waals surface area contributed by atoms with Crippen molar-refractivity contribution in [3.63, 3.8) is 0 Å². The number of carbonyl (C=O) groups excluding carboxylic acids is 1. The molecule has 88 valence electrons. The second-order valence-electron chi connectivity index (χ2n) is 4.84. The minimum absolute atomic E-state index is 0.0136. The number of amides is 1. The van der Waals surface area contributed by atoms with Crippen LogP contribution in [0.2, 0.25) is 0 Å². The van der Waals surface area contributed by atoms with Gasteiger partial charge >= 0.3 is 0 Å². The molecule has 0 radical (unpaired) electrons. The first-order chi connectivity index (χ1) is 7.06. The quantitative estimate of drug-likeness (QED) is 0.620. The van der Waals surface area contributed by atoms with Crippen molar-refractivity contribution in [1.29, 1.82) is 0 Å². The first-order valence-corrected chi connectivity index (χ1v) is 5.72. The third-order valence-corrected chi connectivity index (χ3v) is 3.07. The molecule has 0 aromatic heterocycles. The molecular formula is C11H22N2O2. The molecule has 1 amide bonds. The van der Waals surface area contributed by atoms with Crippen LogP contribution in [0.5, 0.6) is 0 Å². The van der Waals surface area contributed by atoms with Gasteiger partial charge in [-0.05, 0) is 18.8 Å². The Labute approximate surface area is 91.2 Å². The molecule has 1 atom stereocenters. The fourth-order valence-electron chi connectivity index (χ4n) is 1.99. The molecule has 1 fully saturated rings. The van der Waals surface area contributed by atoms with Crippen LogP contribution in [0.1, 0.15) is 39.0 Å². The van der Waals surface area contributed by atoms with Crippen LogP contribution in [0.3, 0.4) is 0 Å². The van der Waals surface area contributed by atoms with E-state index in [-0.39, 0.29) is 24.0 Å². The van der Waals surface area contributed by atoms with E-state index in [0.29, 0.717) is 13.0 Å². The lowest BCUT2D eigenvalue weighted by molar-refractivity contribution is -0.122. The summed E-state index contributed by atoms with van der Waals surface area (Å²) in [5, 5.41) is 11.6. The zero-order valence-corrected chi connectivity index (χ0v) is 9.46. The van der Waals surface area contributed by atoms with Gasteiger partial charge in [0, 0.05) is 25.1 Å². The molecular weight excluding hydrogens is 192 g/mol. The van der Waals surface area contributed by atoms with Crippen LogP contribution in [-0.2, 0) is 4.79 Å². The normalized spacial score (nSPS) is 21.3. The van der Waals surface area contributed by atoms with E-state index in [9.17, 15) is 4.79 Å². The summed E-state index contributed by atoms with van der Waals surface area (Å²) in [6, 6.07) is 0. The van der Waals surface area contributed by atoms with Gasteiger partial charge in [-0.3, -0.25) is 4.79 Å². The Bertz CT molecular complexity index is 213. The van der Waals surface area contributed by atoms with Gasteiger partial charge in [0.25, 0.3) is 0 Å². The van der Waals surface area contributed by atoms with Crippen molar-refractivity contribution in [2.75, 3.05) is 13.2 Å². The van der Waals surface area contributed by atoms with Crippen LogP contribution in [0.4, 0.5) is 0 Å². The molecule has 0 aromatic rings. The van der Waals surface area contributed by atoms with Crippen LogP contribution in [-0.4, -0.2) is 29.7 Å². The van der Waals surface area contributed by atoms with Crippen LogP contribution < -0.4 is 11.1 Å². The molecule has 0 saturated heterocycles. The molecule has 0 aliphatic heterocycles. The second-order valence-corrected chi connectivity index (χ2v) is 4.84. The summed E-state index contributed by atoms with van der Waals surface area (Å²) in [6.45, 7) is 2.54. The molecule has 4 heteroatoms. The predicted octanol–water partition coefficient (Wildman–Crippen LogP) is 0.393. The molecule has 1 saturated carbocycles. The number of carbonyl (C=O) groups is 1. The average Bonchev–Trinajstić information content (AvgIpc) is 2.61. The van der Waals surface area contributed by atoms with Gasteiger partial charge < -0.3 is 16.2 Å². The molecule has 4 nitrogen and oxygen atoms in total. The fraction of sp³-hybridized carbons (Fsp3) is 0.909. The Morgan fingerprint density at radius 3 is 2.67 bits per heavy atom. The largest absolute Gasteiger partial charge is 0.396 e. The van der Waals surface area contributed by atoms with Crippen LogP contribution in [0.25, 0.3) is 0 Å². The highest BCUT2D eigenvalue weighted by molar-refractivity contribution is 5.77. The Hall–Kier alpha value is -0.610. The Kier molecular flexibility index (Phi) is 4.54. The standard InChI is InChI=1S/C11H22N2O2/c1-9(8-14)7-13-10(15)6-11(12)4-2-3-5-11/h9,14H,2-8,12H2,1H3,(H,13,15). The molecule has 0 spiro atoms. The van der Waals surface area contributed by atoms with E-state index in [1.165, 1.54) is 0 Å². The van der Waals surface area contributed by atoms with Gasteiger partial charge in [-0.25, -0.2) is 0 Å². The maximum absolute atomic E-state index is 11.6. The summed E-state index contributed by atoms with van der Waals surface area (Å²) < 4.78 is 0. The maximum Gasteiger partial charge on any atom is 0.221 e. The van der Waals surface area contributed by atoms with Crippen molar-refractivity contribution in [2.24, 2.45) is 11.7 Å². The third-order valence-electron chi connectivity index (χ3n) is 3.07. The number of aliphatic hydroxyl groups excluding tert-OH is 1. The highest BCUT2D eigenvalue weighted by Crippen LogP contribution is 2.29. The molecule has 0 aromatic carbocycles. The van der Waals surface area contributed by atoms with E-state index in [0.717, 1.165) is 25.7 Å². The summed E-state index contributed by atoms with van der Waals surface area (Å²) in [4.78, 5) is 11.6. The van der Waals surface area contributed by atoms with Crippen molar-refractivity contribution in [3.05, 3.63) is 0 Å². The molecule has 1 aliphatic rings. The molecule has 4 N–H and O–H groups in total. The number of nitrogens with one attached hydrogen (secondary N) is 1. The van der Waals surface area contributed by atoms with Crippen molar-refractivity contribution >= 4 is 5.91 Å². The van der Waals surface area contributed by atoms with Gasteiger partial charge in [0.05, 0.1) is 0 Å². The lowest BCUT2D eigenvalue weighted by Crippen LogP contribution is -2.43. The van der Waals surface area contributed by atoms with Crippen LogP contribution in [0.15, 0.2) is 0 Å². The van der Waals surface area contributed by atoms with E-state index in [4.69, 9.17) is 10.8 Å². The van der Waals surface area contributed by atoms with E-state index in [1.54, 1.807) is 0 Å². The highest BCUT2D eigenvalue weighted by atomic mass is 16.3. The van der Waals surface area contributed by atoms with Gasteiger partial charge in [-0.1, -0.05) is 19.8 Å². The van der Waals surface area contributed by atoms with Crippen LogP contribution >= 0.6 is 0 Å². The summed E-state index contributed by atoms with van der Waals surface area (Å²) >= 11 is 0. The molecule has 1 rings (SSSR count). The first kappa shape index (κ1) is 12.5. The summed E-state index contributed by atoms with van der Waals surface area (Å²) in [7, 11) is 0. The Morgan fingerprint density at radius 2 is 2.13 bits per heavy atom. The molecule has 0 bridgehead atoms. The zero-order valence-electron chi connectivity index (χ0n) is 9.46. The van der Waals surface area contributed by atoms with E-state index in [2.05, 4.69) is 5.32 Å². The first-order valence-electron chi connectivity index (χ1n) is 5.72. The predicted molar refractivity (Wildman–Crippen MR) is 59.3 cm³/mol. The average molecular weight is 214 g/mol. The fourth-order valence-corrected chi connectivity index (χ4v) is 1.99. The van der Waals surface area contributed by atoms with E-state index >= 15 is 0 Å². The van der Waals surface area contributed by atoms with E-state index < -0.39 is 0 Å². The highest BCUT2D eigenvalue weighted by Gasteiger charge is 2.31. The van der Waals surface area contributed by atoms with Crippen LogP contribution in [0, 0.1) is 5.92 Å². The Morgan fingerprint density at radius 1 is 1.53 bits per heavy atom. The van der Waals surface area contributed by atoms with Gasteiger partial charge in [-0.2, -0.15) is 0 Å². The summed E-state index contributed by atoms with van der Waals surface area (Å²) in [6.07, 6.45) is 4.60. The molecule has 0 heterocycles. The maximum atomic E-state index is 11.6. The third kappa shape index (κ3) is 4.18. The number of hydrogen-bond acceptors (Lipinski definition) is 3. The lowest BCUT2D eigenvalue weighted by atomic mass is 9.94.